The Balaban J connectivity index is 1.25. The molecule has 0 spiro atoms. The van der Waals surface area contributed by atoms with Gasteiger partial charge in [0.2, 0.25) is 17.7 Å². The number of hydrogen-bond donors (Lipinski definition) is 2. The Labute approximate surface area is 161 Å². The molecule has 10 nitrogen and oxygen atoms in total. The zero-order valence-corrected chi connectivity index (χ0v) is 15.2. The summed E-state index contributed by atoms with van der Waals surface area (Å²) in [5, 5.41) is 14.3. The summed E-state index contributed by atoms with van der Waals surface area (Å²) in [5.74, 6) is 1.53. The van der Waals surface area contributed by atoms with Crippen molar-refractivity contribution in [3.8, 4) is 0 Å². The van der Waals surface area contributed by atoms with Gasteiger partial charge in [-0.3, -0.25) is 14.5 Å². The van der Waals surface area contributed by atoms with Gasteiger partial charge in [-0.15, -0.1) is 10.2 Å². The Morgan fingerprint density at radius 1 is 1.29 bits per heavy atom. The van der Waals surface area contributed by atoms with Crippen LogP contribution in [-0.4, -0.2) is 68.1 Å². The molecule has 2 saturated heterocycles. The molecule has 0 unspecified atom stereocenters. The minimum Gasteiger partial charge on any atom is -0.425 e. The van der Waals surface area contributed by atoms with E-state index in [1.54, 1.807) is 0 Å². The fourth-order valence-corrected chi connectivity index (χ4v) is 4.00. The summed E-state index contributed by atoms with van der Waals surface area (Å²) in [6.45, 7) is 1.13. The van der Waals surface area contributed by atoms with E-state index in [1.807, 2.05) is 0 Å². The summed E-state index contributed by atoms with van der Waals surface area (Å²) in [5.41, 5.74) is 0.409. The summed E-state index contributed by atoms with van der Waals surface area (Å²) >= 11 is 0. The summed E-state index contributed by atoms with van der Waals surface area (Å²) in [4.78, 5) is 34.6. The highest BCUT2D eigenvalue weighted by Gasteiger charge is 2.44. The van der Waals surface area contributed by atoms with Gasteiger partial charge in [-0.1, -0.05) is 0 Å². The van der Waals surface area contributed by atoms with Crippen LogP contribution in [0.3, 0.4) is 0 Å². The number of amides is 2. The van der Waals surface area contributed by atoms with E-state index in [0.29, 0.717) is 43.3 Å². The number of hydrogen-bond acceptors (Lipinski definition) is 8. The molecule has 0 aromatic carbocycles. The van der Waals surface area contributed by atoms with E-state index in [2.05, 4.69) is 35.7 Å². The maximum absolute atomic E-state index is 12.4. The Bertz CT molecular complexity index is 882. The molecule has 3 fully saturated rings. The molecule has 5 rings (SSSR count). The van der Waals surface area contributed by atoms with Crippen molar-refractivity contribution in [2.75, 3.05) is 13.1 Å². The smallest absolute Gasteiger partial charge is 0.254 e. The minimum absolute atomic E-state index is 0.000224. The molecule has 0 radical (unpaired) electrons. The van der Waals surface area contributed by atoms with Crippen molar-refractivity contribution in [2.45, 2.75) is 49.7 Å². The van der Waals surface area contributed by atoms with Crippen LogP contribution < -0.4 is 10.6 Å². The number of nitrogens with zero attached hydrogens (tertiary/aromatic N) is 5. The average Bonchev–Trinajstić information content (AvgIpc) is 3.30. The van der Waals surface area contributed by atoms with Gasteiger partial charge in [0.25, 0.3) is 5.91 Å². The SMILES string of the molecule is O=C(N[C@H]1C[C@H]2C(=O)NC[C@@H](Cc3nnc(C4CC4)o3)N2C1)c1cncnc1. The van der Waals surface area contributed by atoms with Crippen molar-refractivity contribution in [1.82, 2.24) is 35.7 Å². The summed E-state index contributed by atoms with van der Waals surface area (Å²) in [7, 11) is 0. The van der Waals surface area contributed by atoms with Gasteiger partial charge in [0.1, 0.15) is 6.33 Å². The highest BCUT2D eigenvalue weighted by Crippen LogP contribution is 2.39. The maximum atomic E-state index is 12.4. The van der Waals surface area contributed by atoms with Crippen LogP contribution in [0.1, 0.15) is 47.3 Å². The average molecular weight is 383 g/mol. The standard InChI is InChI=1S/C18H21N7O3/c26-16(11-5-19-9-20-6-11)22-12-3-14-17(27)21-7-13(25(14)8-12)4-15-23-24-18(28-15)10-1-2-10/h5-6,9-10,12-14H,1-4,7-8H2,(H,21,27)(H,22,26)/t12-,13+,14-/m0/s1. The maximum Gasteiger partial charge on any atom is 0.254 e. The molecule has 10 heteroatoms. The van der Waals surface area contributed by atoms with Gasteiger partial charge in [0.15, 0.2) is 0 Å². The number of carbonyl (C=O) groups is 2. The normalized spacial score (nSPS) is 27.3. The predicted molar refractivity (Wildman–Crippen MR) is 95.2 cm³/mol. The fourth-order valence-electron chi connectivity index (χ4n) is 4.00. The minimum atomic E-state index is -0.262. The van der Waals surface area contributed by atoms with Crippen molar-refractivity contribution in [2.24, 2.45) is 0 Å². The lowest BCUT2D eigenvalue weighted by molar-refractivity contribution is -0.129. The van der Waals surface area contributed by atoms with E-state index < -0.39 is 0 Å². The van der Waals surface area contributed by atoms with Crippen molar-refractivity contribution in [3.63, 3.8) is 0 Å². The number of piperazine rings is 1. The molecule has 0 bridgehead atoms. The van der Waals surface area contributed by atoms with Crippen LogP contribution in [0.4, 0.5) is 0 Å². The first-order valence-electron chi connectivity index (χ1n) is 9.59. The molecule has 28 heavy (non-hydrogen) atoms. The largest absolute Gasteiger partial charge is 0.425 e. The highest BCUT2D eigenvalue weighted by molar-refractivity contribution is 5.94. The van der Waals surface area contributed by atoms with Crippen LogP contribution in [0.25, 0.3) is 0 Å². The van der Waals surface area contributed by atoms with Crippen LogP contribution in [0.15, 0.2) is 23.1 Å². The Morgan fingerprint density at radius 3 is 2.89 bits per heavy atom. The third-order valence-electron chi connectivity index (χ3n) is 5.60. The fraction of sp³-hybridized carbons (Fsp3) is 0.556. The van der Waals surface area contributed by atoms with Gasteiger partial charge in [0.05, 0.1) is 11.6 Å². The Morgan fingerprint density at radius 2 is 2.11 bits per heavy atom. The molecule has 2 aromatic heterocycles. The molecule has 1 saturated carbocycles. The van der Waals surface area contributed by atoms with Crippen molar-refractivity contribution in [3.05, 3.63) is 36.1 Å². The van der Waals surface area contributed by atoms with Crippen molar-refractivity contribution in [1.29, 1.82) is 0 Å². The molecule has 2 aromatic rings. The number of aromatic nitrogens is 4. The monoisotopic (exact) mass is 383 g/mol. The molecule has 2 amide bonds. The number of rotatable bonds is 5. The molecule has 3 aliphatic rings. The Hall–Kier alpha value is -2.88. The zero-order valence-electron chi connectivity index (χ0n) is 15.2. The lowest BCUT2D eigenvalue weighted by atomic mass is 10.1. The first-order chi connectivity index (χ1) is 13.7. The highest BCUT2D eigenvalue weighted by atomic mass is 16.4. The second-order valence-corrected chi connectivity index (χ2v) is 7.66. The predicted octanol–water partition coefficient (Wildman–Crippen LogP) is -0.349. The van der Waals surface area contributed by atoms with E-state index in [0.717, 1.165) is 18.7 Å². The molecular formula is C18H21N7O3. The molecule has 146 valence electrons. The van der Waals surface area contributed by atoms with Crippen LogP contribution in [-0.2, 0) is 11.2 Å². The zero-order chi connectivity index (χ0) is 19.1. The second kappa shape index (κ2) is 6.93. The van der Waals surface area contributed by atoms with Gasteiger partial charge in [-0.05, 0) is 19.3 Å². The number of carbonyl (C=O) groups excluding carboxylic acids is 2. The lowest BCUT2D eigenvalue weighted by Gasteiger charge is -2.36. The third-order valence-corrected chi connectivity index (χ3v) is 5.60. The molecular weight excluding hydrogens is 362 g/mol. The number of nitrogens with one attached hydrogen (secondary N) is 2. The lowest BCUT2D eigenvalue weighted by Crippen LogP contribution is -2.58. The van der Waals surface area contributed by atoms with Crippen LogP contribution >= 0.6 is 0 Å². The second-order valence-electron chi connectivity index (χ2n) is 7.66. The van der Waals surface area contributed by atoms with Crippen molar-refractivity contribution < 1.29 is 14.0 Å². The molecule has 3 atom stereocenters. The van der Waals surface area contributed by atoms with Gasteiger partial charge >= 0.3 is 0 Å². The van der Waals surface area contributed by atoms with E-state index in [1.165, 1.54) is 18.7 Å². The van der Waals surface area contributed by atoms with Crippen LogP contribution in [0.5, 0.6) is 0 Å². The number of fused-ring (bicyclic) bond motifs is 1. The molecule has 4 heterocycles. The van der Waals surface area contributed by atoms with Gasteiger partial charge in [-0.2, -0.15) is 0 Å². The van der Waals surface area contributed by atoms with Gasteiger partial charge in [-0.25, -0.2) is 9.97 Å². The van der Waals surface area contributed by atoms with Crippen LogP contribution in [0.2, 0.25) is 0 Å². The van der Waals surface area contributed by atoms with E-state index >= 15 is 0 Å². The van der Waals surface area contributed by atoms with Gasteiger partial charge < -0.3 is 15.1 Å². The van der Waals surface area contributed by atoms with E-state index in [-0.39, 0.29) is 29.9 Å². The third kappa shape index (κ3) is 3.35. The summed E-state index contributed by atoms with van der Waals surface area (Å²) in [6.07, 6.45) is 7.73. The van der Waals surface area contributed by atoms with Gasteiger partial charge in [0, 0.05) is 49.9 Å². The molecule has 1 aliphatic carbocycles. The molecule has 2 N–H and O–H groups in total. The Kier molecular flexibility index (Phi) is 4.27. The van der Waals surface area contributed by atoms with Crippen LogP contribution in [0, 0.1) is 0 Å². The first kappa shape index (κ1) is 17.2. The summed E-state index contributed by atoms with van der Waals surface area (Å²) in [6, 6.07) is -0.312. The topological polar surface area (TPSA) is 126 Å². The van der Waals surface area contributed by atoms with E-state index in [9.17, 15) is 9.59 Å². The quantitative estimate of drug-likeness (QED) is 0.718. The molecule has 2 aliphatic heterocycles. The van der Waals surface area contributed by atoms with Crippen molar-refractivity contribution >= 4 is 11.8 Å². The summed E-state index contributed by atoms with van der Waals surface area (Å²) < 4.78 is 5.79. The first-order valence-corrected chi connectivity index (χ1v) is 9.59. The van der Waals surface area contributed by atoms with E-state index in [4.69, 9.17) is 4.42 Å².